The maximum Gasteiger partial charge on any atom is 0.411 e. The molecule has 3 aromatic carbocycles. The Labute approximate surface area is 205 Å². The molecule has 6 heteroatoms. The Morgan fingerprint density at radius 1 is 0.971 bits per heavy atom. The van der Waals surface area contributed by atoms with Gasteiger partial charge in [0.1, 0.15) is 6.61 Å². The fourth-order valence-electron chi connectivity index (χ4n) is 5.64. The maximum absolute atomic E-state index is 13.0. The standard InChI is InChI=1S/C29H30N2O4/c1-29(2,3)26-25-18(15-16-31(26)28(33)34)9-8-14-24(25)30-27(32)35-17-23-21-12-6-4-10-19(21)20-11-5-7-13-22(20)23/h4-14,23,26H,15-17H2,1-3H3,(H,30,32)(H,33,34). The SMILES string of the molecule is CC(C)(C)C1c2c(cccc2NC(=O)OCC2c3ccccc3-c3ccccc32)CCN1C(=O)O. The largest absolute Gasteiger partial charge is 0.465 e. The summed E-state index contributed by atoms with van der Waals surface area (Å²) in [4.78, 5) is 26.5. The van der Waals surface area contributed by atoms with E-state index >= 15 is 0 Å². The predicted molar refractivity (Wildman–Crippen MR) is 136 cm³/mol. The molecule has 5 rings (SSSR count). The van der Waals surface area contributed by atoms with Crippen LogP contribution >= 0.6 is 0 Å². The van der Waals surface area contributed by atoms with Crippen LogP contribution in [-0.4, -0.2) is 35.3 Å². The molecule has 1 unspecified atom stereocenters. The van der Waals surface area contributed by atoms with E-state index in [-0.39, 0.29) is 24.0 Å². The lowest BCUT2D eigenvalue weighted by molar-refractivity contribution is 0.0763. The molecular weight excluding hydrogens is 440 g/mol. The second-order valence-electron chi connectivity index (χ2n) is 10.3. The van der Waals surface area contributed by atoms with E-state index in [1.54, 1.807) is 0 Å². The van der Waals surface area contributed by atoms with Crippen molar-refractivity contribution < 1.29 is 19.4 Å². The number of fused-ring (bicyclic) bond motifs is 4. The van der Waals surface area contributed by atoms with Crippen molar-refractivity contribution in [2.45, 2.75) is 39.2 Å². The number of ether oxygens (including phenoxy) is 1. The average Bonchev–Trinajstić information content (AvgIpc) is 3.15. The van der Waals surface area contributed by atoms with Crippen LogP contribution < -0.4 is 5.32 Å². The molecule has 1 aliphatic carbocycles. The molecule has 0 radical (unpaired) electrons. The van der Waals surface area contributed by atoms with Crippen molar-refractivity contribution in [3.63, 3.8) is 0 Å². The molecule has 0 fully saturated rings. The first-order chi connectivity index (χ1) is 16.8. The summed E-state index contributed by atoms with van der Waals surface area (Å²) in [7, 11) is 0. The Bertz CT molecular complexity index is 1250. The molecule has 35 heavy (non-hydrogen) atoms. The monoisotopic (exact) mass is 470 g/mol. The van der Waals surface area contributed by atoms with Gasteiger partial charge in [-0.3, -0.25) is 5.32 Å². The number of hydrogen-bond donors (Lipinski definition) is 2. The molecule has 2 aliphatic rings. The Hall–Kier alpha value is -3.80. The minimum atomic E-state index is -0.952. The van der Waals surface area contributed by atoms with E-state index in [1.165, 1.54) is 16.0 Å². The van der Waals surface area contributed by atoms with Crippen molar-refractivity contribution in [1.29, 1.82) is 0 Å². The predicted octanol–water partition coefficient (Wildman–Crippen LogP) is 6.67. The fraction of sp³-hybridized carbons (Fsp3) is 0.310. The van der Waals surface area contributed by atoms with Crippen LogP contribution in [0.5, 0.6) is 0 Å². The van der Waals surface area contributed by atoms with Crippen LogP contribution in [0.15, 0.2) is 66.7 Å². The highest BCUT2D eigenvalue weighted by atomic mass is 16.5. The summed E-state index contributed by atoms with van der Waals surface area (Å²) in [6, 6.07) is 21.8. The Kier molecular flexibility index (Phi) is 5.75. The molecule has 0 spiro atoms. The number of carboxylic acid groups (broad SMARTS) is 1. The van der Waals surface area contributed by atoms with E-state index in [9.17, 15) is 14.7 Å². The van der Waals surface area contributed by atoms with Gasteiger partial charge in [0.05, 0.1) is 6.04 Å². The van der Waals surface area contributed by atoms with Gasteiger partial charge in [0, 0.05) is 23.7 Å². The lowest BCUT2D eigenvalue weighted by atomic mass is 9.76. The molecule has 3 aromatic rings. The second kappa shape index (κ2) is 8.77. The molecule has 180 valence electrons. The average molecular weight is 471 g/mol. The molecular formula is C29H30N2O4. The van der Waals surface area contributed by atoms with Crippen molar-refractivity contribution in [2.75, 3.05) is 18.5 Å². The summed E-state index contributed by atoms with van der Waals surface area (Å²) in [5, 5.41) is 12.8. The van der Waals surface area contributed by atoms with Crippen LogP contribution in [0.2, 0.25) is 0 Å². The van der Waals surface area contributed by atoms with E-state index < -0.39 is 12.2 Å². The topological polar surface area (TPSA) is 78.9 Å². The van der Waals surface area contributed by atoms with Gasteiger partial charge in [0.15, 0.2) is 0 Å². The van der Waals surface area contributed by atoms with E-state index in [2.05, 4.69) is 29.6 Å². The number of nitrogens with zero attached hydrogens (tertiary/aromatic N) is 1. The summed E-state index contributed by atoms with van der Waals surface area (Å²) in [5.41, 5.74) is 6.82. The zero-order valence-corrected chi connectivity index (χ0v) is 20.2. The normalized spacial score (nSPS) is 16.8. The van der Waals surface area contributed by atoms with Gasteiger partial charge in [-0.15, -0.1) is 0 Å². The van der Waals surface area contributed by atoms with Crippen molar-refractivity contribution in [1.82, 2.24) is 4.90 Å². The van der Waals surface area contributed by atoms with Crippen molar-refractivity contribution in [2.24, 2.45) is 5.41 Å². The van der Waals surface area contributed by atoms with Crippen LogP contribution in [0.25, 0.3) is 11.1 Å². The molecule has 1 heterocycles. The number of benzene rings is 3. The minimum absolute atomic E-state index is 0.0253. The summed E-state index contributed by atoms with van der Waals surface area (Å²) in [5.74, 6) is -0.0253. The first-order valence-electron chi connectivity index (χ1n) is 12.0. The third kappa shape index (κ3) is 4.14. The number of nitrogens with one attached hydrogen (secondary N) is 1. The molecule has 2 N–H and O–H groups in total. The van der Waals surface area contributed by atoms with E-state index in [0.29, 0.717) is 18.7 Å². The van der Waals surface area contributed by atoms with Crippen LogP contribution in [0, 0.1) is 5.41 Å². The smallest absolute Gasteiger partial charge is 0.411 e. The molecule has 0 saturated heterocycles. The number of rotatable bonds is 3. The molecule has 1 aliphatic heterocycles. The molecule has 1 atom stereocenters. The highest BCUT2D eigenvalue weighted by Crippen LogP contribution is 2.46. The van der Waals surface area contributed by atoms with Crippen LogP contribution in [0.1, 0.15) is 55.0 Å². The first kappa shape index (κ1) is 23.0. The molecule has 0 aromatic heterocycles. The number of carbonyl (C=O) groups is 2. The number of carbonyl (C=O) groups excluding carboxylic acids is 1. The maximum atomic E-state index is 13.0. The lowest BCUT2D eigenvalue weighted by Gasteiger charge is -2.43. The lowest BCUT2D eigenvalue weighted by Crippen LogP contribution is -2.45. The van der Waals surface area contributed by atoms with E-state index in [1.807, 2.05) is 63.2 Å². The molecule has 2 amide bonds. The molecule has 0 saturated carbocycles. The second-order valence-corrected chi connectivity index (χ2v) is 10.3. The van der Waals surface area contributed by atoms with Crippen LogP contribution in [-0.2, 0) is 11.2 Å². The molecule has 0 bridgehead atoms. The summed E-state index contributed by atoms with van der Waals surface area (Å²) >= 11 is 0. The number of amides is 2. The quantitative estimate of drug-likeness (QED) is 0.448. The van der Waals surface area contributed by atoms with Gasteiger partial charge in [0.25, 0.3) is 0 Å². The number of anilines is 1. The zero-order valence-electron chi connectivity index (χ0n) is 20.2. The number of hydrogen-bond acceptors (Lipinski definition) is 3. The highest BCUT2D eigenvalue weighted by molar-refractivity contribution is 5.87. The van der Waals surface area contributed by atoms with Gasteiger partial charge < -0.3 is 14.7 Å². The zero-order chi connectivity index (χ0) is 24.7. The van der Waals surface area contributed by atoms with Gasteiger partial charge in [-0.2, -0.15) is 0 Å². The van der Waals surface area contributed by atoms with Crippen LogP contribution in [0.3, 0.4) is 0 Å². The summed E-state index contributed by atoms with van der Waals surface area (Å²) in [6.07, 6.45) is -0.888. The Morgan fingerprint density at radius 2 is 1.60 bits per heavy atom. The van der Waals surface area contributed by atoms with E-state index in [0.717, 1.165) is 22.3 Å². The summed E-state index contributed by atoms with van der Waals surface area (Å²) in [6.45, 7) is 6.71. The van der Waals surface area contributed by atoms with Crippen molar-refractivity contribution in [3.8, 4) is 11.1 Å². The fourth-order valence-corrected chi connectivity index (χ4v) is 5.64. The third-order valence-corrected chi connectivity index (χ3v) is 7.05. The van der Waals surface area contributed by atoms with Gasteiger partial charge in [-0.05, 0) is 45.7 Å². The van der Waals surface area contributed by atoms with Gasteiger partial charge in [-0.1, -0.05) is 81.4 Å². The van der Waals surface area contributed by atoms with Crippen molar-refractivity contribution in [3.05, 3.63) is 89.0 Å². The summed E-state index contributed by atoms with van der Waals surface area (Å²) < 4.78 is 5.75. The van der Waals surface area contributed by atoms with E-state index in [4.69, 9.17) is 4.74 Å². The van der Waals surface area contributed by atoms with Crippen LogP contribution in [0.4, 0.5) is 15.3 Å². The highest BCUT2D eigenvalue weighted by Gasteiger charge is 2.40. The van der Waals surface area contributed by atoms with Gasteiger partial charge in [-0.25, -0.2) is 9.59 Å². The molecule has 6 nitrogen and oxygen atoms in total. The van der Waals surface area contributed by atoms with Crippen molar-refractivity contribution >= 4 is 17.9 Å². The Balaban J connectivity index is 1.38. The first-order valence-corrected chi connectivity index (χ1v) is 12.0. The minimum Gasteiger partial charge on any atom is -0.465 e. The third-order valence-electron chi connectivity index (χ3n) is 7.05. The van der Waals surface area contributed by atoms with Gasteiger partial charge >= 0.3 is 12.2 Å². The van der Waals surface area contributed by atoms with Gasteiger partial charge in [0.2, 0.25) is 0 Å². The Morgan fingerprint density at radius 3 is 2.20 bits per heavy atom.